The number of rotatable bonds is 5. The lowest BCUT2D eigenvalue weighted by Crippen LogP contribution is -1.98. The normalized spacial score (nSPS) is 9.68. The maximum Gasteiger partial charge on any atom is 0.135 e. The topological polar surface area (TPSA) is 18.5 Å². The van der Waals surface area contributed by atoms with Crippen molar-refractivity contribution in [3.8, 4) is 23.8 Å². The van der Waals surface area contributed by atoms with Crippen LogP contribution in [0.25, 0.3) is 0 Å². The number of terminal acetylenes is 1. The van der Waals surface area contributed by atoms with Gasteiger partial charge in [0.25, 0.3) is 0 Å². The zero-order chi connectivity index (χ0) is 13.5. The van der Waals surface area contributed by atoms with Gasteiger partial charge in [-0.2, -0.15) is 0 Å². The molecule has 0 radical (unpaired) electrons. The first kappa shape index (κ1) is 13.0. The van der Waals surface area contributed by atoms with Crippen LogP contribution >= 0.6 is 0 Å². The Hall–Kier alpha value is -2.40. The molecule has 0 aliphatic heterocycles. The molecule has 96 valence electrons. The monoisotopic (exact) mass is 252 g/mol. The van der Waals surface area contributed by atoms with E-state index in [1.807, 2.05) is 55.5 Å². The molecule has 0 saturated carbocycles. The Morgan fingerprint density at radius 3 is 2.53 bits per heavy atom. The van der Waals surface area contributed by atoms with E-state index in [4.69, 9.17) is 15.9 Å². The standard InChI is InChI=1S/C17H16O2/c1-3-15-12-16(10-11-17(15)18-4-2)19-13-14-8-6-5-7-9-14/h1,5-12H,4,13H2,2H3. The van der Waals surface area contributed by atoms with E-state index in [9.17, 15) is 0 Å². The summed E-state index contributed by atoms with van der Waals surface area (Å²) in [5.74, 6) is 4.08. The van der Waals surface area contributed by atoms with Crippen LogP contribution in [-0.2, 0) is 6.61 Å². The van der Waals surface area contributed by atoms with Crippen molar-refractivity contribution in [2.75, 3.05) is 6.61 Å². The molecule has 0 aliphatic rings. The van der Waals surface area contributed by atoms with E-state index in [0.29, 0.717) is 18.8 Å². The predicted molar refractivity (Wildman–Crippen MR) is 76.3 cm³/mol. The van der Waals surface area contributed by atoms with E-state index < -0.39 is 0 Å². The zero-order valence-electron chi connectivity index (χ0n) is 10.9. The number of hydrogen-bond acceptors (Lipinski definition) is 2. The highest BCUT2D eigenvalue weighted by atomic mass is 16.5. The molecule has 19 heavy (non-hydrogen) atoms. The highest BCUT2D eigenvalue weighted by molar-refractivity contribution is 5.49. The van der Waals surface area contributed by atoms with Gasteiger partial charge in [0, 0.05) is 0 Å². The summed E-state index contributed by atoms with van der Waals surface area (Å²) in [6.07, 6.45) is 5.47. The fourth-order valence-electron chi connectivity index (χ4n) is 1.73. The molecular formula is C17H16O2. The van der Waals surface area contributed by atoms with Crippen molar-refractivity contribution in [1.82, 2.24) is 0 Å². The number of ether oxygens (including phenoxy) is 2. The van der Waals surface area contributed by atoms with Gasteiger partial charge in [0.15, 0.2) is 0 Å². The van der Waals surface area contributed by atoms with Gasteiger partial charge in [-0.05, 0) is 30.7 Å². The minimum Gasteiger partial charge on any atom is -0.493 e. The first-order chi connectivity index (χ1) is 9.33. The summed E-state index contributed by atoms with van der Waals surface area (Å²) < 4.78 is 11.2. The molecular weight excluding hydrogens is 236 g/mol. The van der Waals surface area contributed by atoms with Gasteiger partial charge < -0.3 is 9.47 Å². The summed E-state index contributed by atoms with van der Waals surface area (Å²) in [6.45, 7) is 3.05. The Bertz CT molecular complexity index is 568. The van der Waals surface area contributed by atoms with Crippen LogP contribution < -0.4 is 9.47 Å². The average Bonchev–Trinajstić information content (AvgIpc) is 2.47. The molecule has 0 fully saturated rings. The maximum absolute atomic E-state index is 5.72. The highest BCUT2D eigenvalue weighted by Gasteiger charge is 2.03. The molecule has 2 aromatic rings. The molecule has 2 heteroatoms. The van der Waals surface area contributed by atoms with Crippen LogP contribution in [-0.4, -0.2) is 6.61 Å². The smallest absolute Gasteiger partial charge is 0.135 e. The third-order valence-corrected chi connectivity index (χ3v) is 2.65. The van der Waals surface area contributed by atoms with Gasteiger partial charge in [-0.25, -0.2) is 0 Å². The van der Waals surface area contributed by atoms with Crippen LogP contribution in [0.3, 0.4) is 0 Å². The summed E-state index contributed by atoms with van der Waals surface area (Å²) in [5, 5.41) is 0. The molecule has 0 heterocycles. The summed E-state index contributed by atoms with van der Waals surface area (Å²) >= 11 is 0. The molecule has 0 saturated heterocycles. The fraction of sp³-hybridized carbons (Fsp3) is 0.176. The van der Waals surface area contributed by atoms with Crippen molar-refractivity contribution in [3.05, 3.63) is 59.7 Å². The van der Waals surface area contributed by atoms with Gasteiger partial charge in [-0.3, -0.25) is 0 Å². The lowest BCUT2D eigenvalue weighted by atomic mass is 10.2. The molecule has 0 amide bonds. The predicted octanol–water partition coefficient (Wildman–Crippen LogP) is 3.65. The second kappa shape index (κ2) is 6.51. The van der Waals surface area contributed by atoms with Gasteiger partial charge in [0.2, 0.25) is 0 Å². The molecule has 2 nitrogen and oxygen atoms in total. The maximum atomic E-state index is 5.72. The quantitative estimate of drug-likeness (QED) is 0.756. The van der Waals surface area contributed by atoms with E-state index >= 15 is 0 Å². The molecule has 0 unspecified atom stereocenters. The van der Waals surface area contributed by atoms with Crippen molar-refractivity contribution in [3.63, 3.8) is 0 Å². The Labute approximate surface area is 114 Å². The van der Waals surface area contributed by atoms with E-state index in [-0.39, 0.29) is 0 Å². The second-order valence-corrected chi connectivity index (χ2v) is 4.01. The van der Waals surface area contributed by atoms with Crippen molar-refractivity contribution in [2.45, 2.75) is 13.5 Å². The Morgan fingerprint density at radius 2 is 1.84 bits per heavy atom. The minimum absolute atomic E-state index is 0.527. The zero-order valence-corrected chi connectivity index (χ0v) is 10.9. The van der Waals surface area contributed by atoms with Crippen molar-refractivity contribution < 1.29 is 9.47 Å². The molecule has 0 N–H and O–H groups in total. The van der Waals surface area contributed by atoms with Crippen molar-refractivity contribution in [1.29, 1.82) is 0 Å². The van der Waals surface area contributed by atoms with E-state index in [1.165, 1.54) is 0 Å². The van der Waals surface area contributed by atoms with Crippen LogP contribution in [0.2, 0.25) is 0 Å². The summed E-state index contributed by atoms with van der Waals surface area (Å²) in [6, 6.07) is 15.6. The molecule has 2 aromatic carbocycles. The third kappa shape index (κ3) is 3.53. The number of benzene rings is 2. The van der Waals surface area contributed by atoms with Crippen molar-refractivity contribution in [2.24, 2.45) is 0 Å². The minimum atomic E-state index is 0.527. The molecule has 0 atom stereocenters. The van der Waals surface area contributed by atoms with Crippen LogP contribution in [0.4, 0.5) is 0 Å². The molecule has 0 bridgehead atoms. The Balaban J connectivity index is 2.07. The van der Waals surface area contributed by atoms with Crippen LogP contribution in [0, 0.1) is 12.3 Å². The lowest BCUT2D eigenvalue weighted by molar-refractivity contribution is 0.303. The number of hydrogen-bond donors (Lipinski definition) is 0. The van der Waals surface area contributed by atoms with E-state index in [2.05, 4.69) is 5.92 Å². The third-order valence-electron chi connectivity index (χ3n) is 2.65. The second-order valence-electron chi connectivity index (χ2n) is 4.01. The summed E-state index contributed by atoms with van der Waals surface area (Å²) in [5.41, 5.74) is 1.84. The molecule has 0 aromatic heterocycles. The molecule has 0 aliphatic carbocycles. The van der Waals surface area contributed by atoms with Gasteiger partial charge in [0.1, 0.15) is 18.1 Å². The Morgan fingerprint density at radius 1 is 1.05 bits per heavy atom. The van der Waals surface area contributed by atoms with E-state index in [0.717, 1.165) is 17.1 Å². The van der Waals surface area contributed by atoms with Crippen LogP contribution in [0.15, 0.2) is 48.5 Å². The summed E-state index contributed by atoms with van der Waals surface area (Å²) in [7, 11) is 0. The average molecular weight is 252 g/mol. The fourth-order valence-corrected chi connectivity index (χ4v) is 1.73. The van der Waals surface area contributed by atoms with Gasteiger partial charge >= 0.3 is 0 Å². The highest BCUT2D eigenvalue weighted by Crippen LogP contribution is 2.24. The van der Waals surface area contributed by atoms with Crippen molar-refractivity contribution >= 4 is 0 Å². The Kier molecular flexibility index (Phi) is 4.47. The summed E-state index contributed by atoms with van der Waals surface area (Å²) in [4.78, 5) is 0. The molecule has 2 rings (SSSR count). The van der Waals surface area contributed by atoms with Gasteiger partial charge in [-0.1, -0.05) is 36.3 Å². The first-order valence-electron chi connectivity index (χ1n) is 6.23. The first-order valence-corrected chi connectivity index (χ1v) is 6.23. The van der Waals surface area contributed by atoms with Crippen LogP contribution in [0.5, 0.6) is 11.5 Å². The SMILES string of the molecule is C#Cc1cc(OCc2ccccc2)ccc1OCC. The van der Waals surface area contributed by atoms with Gasteiger partial charge in [-0.15, -0.1) is 6.42 Å². The molecule has 0 spiro atoms. The largest absolute Gasteiger partial charge is 0.493 e. The van der Waals surface area contributed by atoms with Gasteiger partial charge in [0.05, 0.1) is 12.2 Å². The van der Waals surface area contributed by atoms with E-state index in [1.54, 1.807) is 0 Å². The van der Waals surface area contributed by atoms with Crippen LogP contribution in [0.1, 0.15) is 18.1 Å². The lowest BCUT2D eigenvalue weighted by Gasteiger charge is -2.10.